The fraction of sp³-hybridized carbons (Fsp3) is 0.367. The molecular weight excluding hydrogens is 613 g/mol. The van der Waals surface area contributed by atoms with E-state index in [1.807, 2.05) is 6.92 Å². The standard InChI is InChI=1S/C30H36FN3O8S2/c1-20-17-34(21(2)19-35)30(36)16-22-15-24(32-43(37,38)26-10-5-23(31)6-11-26)7-14-28(22)42-29(20)18-33(3)44(39,40)27-12-8-25(41-4)9-13-27/h5-15,20-21,29,32,35H,16-19H2,1-4H3/t20-,21+,29-/m0/s1. The fourth-order valence-electron chi connectivity index (χ4n) is 4.82. The monoisotopic (exact) mass is 649 g/mol. The van der Waals surface area contributed by atoms with E-state index in [0.717, 1.165) is 24.3 Å². The van der Waals surface area contributed by atoms with Crippen LogP contribution in [-0.4, -0.2) is 83.1 Å². The Morgan fingerprint density at radius 3 is 2.32 bits per heavy atom. The summed E-state index contributed by atoms with van der Waals surface area (Å²) >= 11 is 0. The van der Waals surface area contributed by atoms with E-state index in [1.54, 1.807) is 19.1 Å². The van der Waals surface area contributed by atoms with Gasteiger partial charge in [0.05, 0.1) is 42.5 Å². The number of fused-ring (bicyclic) bond motifs is 1. The second-order valence-corrected chi connectivity index (χ2v) is 14.5. The van der Waals surface area contributed by atoms with Gasteiger partial charge in [-0.2, -0.15) is 4.31 Å². The minimum absolute atomic E-state index is 0.0660. The number of rotatable bonds is 10. The van der Waals surface area contributed by atoms with Gasteiger partial charge in [-0.3, -0.25) is 9.52 Å². The largest absolute Gasteiger partial charge is 0.497 e. The van der Waals surface area contributed by atoms with E-state index < -0.39 is 38.0 Å². The third-order valence-corrected chi connectivity index (χ3v) is 10.7. The van der Waals surface area contributed by atoms with Crippen molar-refractivity contribution in [3.8, 4) is 11.5 Å². The number of halogens is 1. The van der Waals surface area contributed by atoms with E-state index in [2.05, 4.69) is 4.72 Å². The van der Waals surface area contributed by atoms with Gasteiger partial charge in [0, 0.05) is 30.8 Å². The predicted molar refractivity (Wildman–Crippen MR) is 162 cm³/mol. The van der Waals surface area contributed by atoms with Crippen molar-refractivity contribution >= 4 is 31.6 Å². The second-order valence-electron chi connectivity index (χ2n) is 10.7. The van der Waals surface area contributed by atoms with Crippen molar-refractivity contribution in [1.29, 1.82) is 0 Å². The Kier molecular flexibility index (Phi) is 10.2. The van der Waals surface area contributed by atoms with Crippen molar-refractivity contribution in [2.45, 2.75) is 42.2 Å². The molecule has 0 saturated heterocycles. The van der Waals surface area contributed by atoms with Crippen LogP contribution in [0.4, 0.5) is 10.1 Å². The SMILES string of the molecule is COc1ccc(S(=O)(=O)N(C)C[C@@H]2Oc3ccc(NS(=O)(=O)c4ccc(F)cc4)cc3CC(=O)N([C@H](C)CO)C[C@@H]2C)cc1. The van der Waals surface area contributed by atoms with Crippen LogP contribution in [0.1, 0.15) is 19.4 Å². The lowest BCUT2D eigenvalue weighted by atomic mass is 10.0. The summed E-state index contributed by atoms with van der Waals surface area (Å²) in [4.78, 5) is 14.9. The lowest BCUT2D eigenvalue weighted by molar-refractivity contribution is -0.134. The molecule has 0 aromatic heterocycles. The number of carbonyl (C=O) groups is 1. The van der Waals surface area contributed by atoms with Crippen LogP contribution in [0.2, 0.25) is 0 Å². The molecular formula is C30H36FN3O8S2. The van der Waals surface area contributed by atoms with Gasteiger partial charge in [0.1, 0.15) is 23.4 Å². The maximum atomic E-state index is 13.5. The molecule has 1 amide bonds. The molecule has 1 aliphatic heterocycles. The average molecular weight is 650 g/mol. The van der Waals surface area contributed by atoms with Crippen molar-refractivity contribution in [2.75, 3.05) is 38.6 Å². The number of hydrogen-bond acceptors (Lipinski definition) is 8. The number of carbonyl (C=O) groups excluding carboxylic acids is 1. The van der Waals surface area contributed by atoms with Gasteiger partial charge in [-0.1, -0.05) is 6.92 Å². The highest BCUT2D eigenvalue weighted by atomic mass is 32.2. The molecule has 11 nitrogen and oxygen atoms in total. The van der Waals surface area contributed by atoms with Gasteiger partial charge in [0.2, 0.25) is 15.9 Å². The van der Waals surface area contributed by atoms with E-state index in [9.17, 15) is 31.1 Å². The molecule has 0 bridgehead atoms. The van der Waals surface area contributed by atoms with Crippen LogP contribution >= 0.6 is 0 Å². The Bertz CT molecular complexity index is 1680. The Balaban J connectivity index is 1.67. The van der Waals surface area contributed by atoms with Crippen LogP contribution in [0, 0.1) is 11.7 Å². The quantitative estimate of drug-likeness (QED) is 0.341. The molecule has 0 spiro atoms. The number of sulfonamides is 2. The number of nitrogens with one attached hydrogen (secondary N) is 1. The molecule has 238 valence electrons. The molecule has 3 atom stereocenters. The minimum Gasteiger partial charge on any atom is -0.497 e. The molecule has 2 N–H and O–H groups in total. The number of hydrogen-bond donors (Lipinski definition) is 2. The van der Waals surface area contributed by atoms with E-state index in [1.165, 1.54) is 53.7 Å². The zero-order valence-electron chi connectivity index (χ0n) is 24.8. The number of amides is 1. The first kappa shape index (κ1) is 33.2. The lowest BCUT2D eigenvalue weighted by Gasteiger charge is -2.33. The Morgan fingerprint density at radius 2 is 1.70 bits per heavy atom. The number of anilines is 1. The topological polar surface area (TPSA) is 143 Å². The molecule has 3 aromatic carbocycles. The van der Waals surface area contributed by atoms with Crippen LogP contribution < -0.4 is 14.2 Å². The third kappa shape index (κ3) is 7.49. The van der Waals surface area contributed by atoms with Gasteiger partial charge >= 0.3 is 0 Å². The number of methoxy groups -OCH3 is 1. The van der Waals surface area contributed by atoms with E-state index in [4.69, 9.17) is 9.47 Å². The molecule has 14 heteroatoms. The van der Waals surface area contributed by atoms with Gasteiger partial charge in [0.25, 0.3) is 10.0 Å². The first-order chi connectivity index (χ1) is 20.7. The summed E-state index contributed by atoms with van der Waals surface area (Å²) in [6, 6.07) is 14.3. The van der Waals surface area contributed by atoms with Crippen LogP contribution in [-0.2, 0) is 31.3 Å². The zero-order chi connectivity index (χ0) is 32.2. The number of benzene rings is 3. The number of nitrogens with zero attached hydrogens (tertiary/aromatic N) is 2. The number of aliphatic hydroxyl groups is 1. The summed E-state index contributed by atoms with van der Waals surface area (Å²) in [5.41, 5.74) is 0.512. The molecule has 0 radical (unpaired) electrons. The van der Waals surface area contributed by atoms with Crippen LogP contribution in [0.5, 0.6) is 11.5 Å². The third-order valence-electron chi connectivity index (χ3n) is 7.50. The van der Waals surface area contributed by atoms with Crippen molar-refractivity contribution in [3.05, 3.63) is 78.1 Å². The normalized spacial score (nSPS) is 18.4. The van der Waals surface area contributed by atoms with Crippen LogP contribution in [0.3, 0.4) is 0 Å². The summed E-state index contributed by atoms with van der Waals surface area (Å²) in [5, 5.41) is 9.88. The van der Waals surface area contributed by atoms with Gasteiger partial charge in [-0.05, 0) is 73.7 Å². The summed E-state index contributed by atoms with van der Waals surface area (Å²) in [7, 11) is -5.07. The van der Waals surface area contributed by atoms with Crippen LogP contribution in [0.15, 0.2) is 76.5 Å². The zero-order valence-corrected chi connectivity index (χ0v) is 26.4. The first-order valence-electron chi connectivity index (χ1n) is 13.8. The average Bonchev–Trinajstić information content (AvgIpc) is 3.04. The summed E-state index contributed by atoms with van der Waals surface area (Å²) < 4.78 is 81.1. The van der Waals surface area contributed by atoms with E-state index >= 15 is 0 Å². The molecule has 1 aliphatic rings. The highest BCUT2D eigenvalue weighted by Gasteiger charge is 2.33. The summed E-state index contributed by atoms with van der Waals surface area (Å²) in [6.07, 6.45) is -0.890. The molecule has 0 saturated carbocycles. The van der Waals surface area contributed by atoms with Crippen LogP contribution in [0.25, 0.3) is 0 Å². The fourth-order valence-corrected chi connectivity index (χ4v) is 7.05. The van der Waals surface area contributed by atoms with Crippen molar-refractivity contribution in [3.63, 3.8) is 0 Å². The molecule has 44 heavy (non-hydrogen) atoms. The molecule has 1 heterocycles. The number of aliphatic hydroxyl groups excluding tert-OH is 1. The Labute approximate surface area is 257 Å². The molecule has 3 aromatic rings. The van der Waals surface area contributed by atoms with E-state index in [0.29, 0.717) is 11.3 Å². The smallest absolute Gasteiger partial charge is 0.261 e. The van der Waals surface area contributed by atoms with Gasteiger partial charge in [-0.15, -0.1) is 0 Å². The number of ether oxygens (including phenoxy) is 2. The van der Waals surface area contributed by atoms with Gasteiger partial charge < -0.3 is 19.5 Å². The Morgan fingerprint density at radius 1 is 1.07 bits per heavy atom. The predicted octanol–water partition coefficient (Wildman–Crippen LogP) is 3.10. The van der Waals surface area contributed by atoms with E-state index in [-0.39, 0.29) is 59.2 Å². The number of likely N-dealkylation sites (N-methyl/N-ethyl adjacent to an activating group) is 1. The summed E-state index contributed by atoms with van der Waals surface area (Å²) in [5.74, 6) is -0.470. The molecule has 4 rings (SSSR count). The lowest BCUT2D eigenvalue weighted by Crippen LogP contribution is -2.48. The highest BCUT2D eigenvalue weighted by molar-refractivity contribution is 7.92. The van der Waals surface area contributed by atoms with Crippen molar-refractivity contribution in [1.82, 2.24) is 9.21 Å². The maximum absolute atomic E-state index is 13.5. The first-order valence-corrected chi connectivity index (χ1v) is 16.8. The Hall–Kier alpha value is -3.72. The summed E-state index contributed by atoms with van der Waals surface area (Å²) in [6.45, 7) is 3.36. The molecule has 0 unspecified atom stereocenters. The van der Waals surface area contributed by atoms with Crippen molar-refractivity contribution < 1.29 is 40.6 Å². The van der Waals surface area contributed by atoms with Crippen molar-refractivity contribution in [2.24, 2.45) is 5.92 Å². The molecule has 0 fully saturated rings. The van der Waals surface area contributed by atoms with Gasteiger partial charge in [-0.25, -0.2) is 21.2 Å². The minimum atomic E-state index is -4.07. The second kappa shape index (κ2) is 13.5. The maximum Gasteiger partial charge on any atom is 0.261 e. The molecule has 0 aliphatic carbocycles. The van der Waals surface area contributed by atoms with Gasteiger partial charge in [0.15, 0.2) is 0 Å². The highest BCUT2D eigenvalue weighted by Crippen LogP contribution is 2.31.